The Balaban J connectivity index is 3.86. The fourth-order valence-electron chi connectivity index (χ4n) is 0.837. The molecule has 0 aromatic carbocycles. The van der Waals surface area contributed by atoms with Gasteiger partial charge in [-0.15, -0.1) is 0 Å². The van der Waals surface area contributed by atoms with Crippen LogP contribution in [0.5, 0.6) is 0 Å². The lowest BCUT2D eigenvalue weighted by Crippen LogP contribution is -2.35. The lowest BCUT2D eigenvalue weighted by Gasteiger charge is -2.00. The number of hydrogen-bond donors (Lipinski definition) is 2. The Bertz CT molecular complexity index is 290. The molecule has 0 fully saturated rings. The molecule has 0 unspecified atom stereocenters. The van der Waals surface area contributed by atoms with Crippen molar-refractivity contribution in [1.82, 2.24) is 10.9 Å². The Labute approximate surface area is 108 Å². The third-order valence-electron chi connectivity index (χ3n) is 1.87. The normalized spacial score (nSPS) is 11.7. The molecule has 0 saturated heterocycles. The minimum Gasteiger partial charge on any atom is -0.262 e. The summed E-state index contributed by atoms with van der Waals surface area (Å²) in [7, 11) is 0. The summed E-state index contributed by atoms with van der Waals surface area (Å²) in [5.74, 6) is -0.728. The average molecular weight is 254 g/mol. The highest BCUT2D eigenvalue weighted by Gasteiger charge is 2.10. The SMILES string of the molecule is CC(C)CC=NNC(=O)C(=O)NN=CCC(C)C. The smallest absolute Gasteiger partial charge is 0.262 e. The molecule has 2 N–H and O–H groups in total. The van der Waals surface area contributed by atoms with Crippen LogP contribution in [0, 0.1) is 11.8 Å². The van der Waals surface area contributed by atoms with E-state index in [1.165, 1.54) is 0 Å². The molecular formula is C12H22N4O2. The minimum atomic E-state index is -0.822. The summed E-state index contributed by atoms with van der Waals surface area (Å²) in [5, 5.41) is 7.30. The summed E-state index contributed by atoms with van der Waals surface area (Å²) in [6.07, 6.45) is 4.62. The second-order valence-corrected chi connectivity index (χ2v) is 4.76. The summed E-state index contributed by atoms with van der Waals surface area (Å²) >= 11 is 0. The van der Waals surface area contributed by atoms with Crippen LogP contribution in [0.2, 0.25) is 0 Å². The van der Waals surface area contributed by atoms with Crippen molar-refractivity contribution < 1.29 is 9.59 Å². The number of hydrogen-bond acceptors (Lipinski definition) is 4. The maximum atomic E-state index is 11.2. The number of nitrogens with one attached hydrogen (secondary N) is 2. The molecule has 0 atom stereocenters. The monoisotopic (exact) mass is 254 g/mol. The van der Waals surface area contributed by atoms with E-state index in [9.17, 15) is 9.59 Å². The molecule has 0 aliphatic carbocycles. The van der Waals surface area contributed by atoms with Crippen LogP contribution in [-0.2, 0) is 9.59 Å². The van der Waals surface area contributed by atoms with E-state index in [0.717, 1.165) is 12.8 Å². The fraction of sp³-hybridized carbons (Fsp3) is 0.667. The second kappa shape index (κ2) is 9.32. The molecule has 102 valence electrons. The van der Waals surface area contributed by atoms with E-state index in [4.69, 9.17) is 0 Å². The summed E-state index contributed by atoms with van der Waals surface area (Å²) in [6.45, 7) is 8.13. The molecular weight excluding hydrogens is 232 g/mol. The quantitative estimate of drug-likeness (QED) is 0.425. The van der Waals surface area contributed by atoms with Gasteiger partial charge in [0.15, 0.2) is 0 Å². The zero-order valence-electron chi connectivity index (χ0n) is 11.4. The number of carbonyl (C=O) groups excluding carboxylic acids is 2. The number of amides is 2. The zero-order valence-corrected chi connectivity index (χ0v) is 11.4. The van der Waals surface area contributed by atoms with E-state index in [0.29, 0.717) is 11.8 Å². The molecule has 6 heteroatoms. The summed E-state index contributed by atoms with van der Waals surface area (Å²) in [4.78, 5) is 22.4. The van der Waals surface area contributed by atoms with Crippen LogP contribution in [0.4, 0.5) is 0 Å². The third kappa shape index (κ3) is 9.50. The molecule has 0 rings (SSSR count). The van der Waals surface area contributed by atoms with Crippen molar-refractivity contribution in [3.05, 3.63) is 0 Å². The van der Waals surface area contributed by atoms with Gasteiger partial charge in [0.05, 0.1) is 0 Å². The molecule has 0 heterocycles. The summed E-state index contributed by atoms with van der Waals surface area (Å²) < 4.78 is 0. The zero-order chi connectivity index (χ0) is 14.0. The van der Waals surface area contributed by atoms with Crippen molar-refractivity contribution in [2.45, 2.75) is 40.5 Å². The van der Waals surface area contributed by atoms with Gasteiger partial charge in [-0.2, -0.15) is 10.2 Å². The van der Waals surface area contributed by atoms with Crippen molar-refractivity contribution >= 4 is 24.2 Å². The number of rotatable bonds is 6. The minimum absolute atomic E-state index is 0.458. The van der Waals surface area contributed by atoms with E-state index >= 15 is 0 Å². The molecule has 0 saturated carbocycles. The standard InChI is InChI=1S/C12H22N4O2/c1-9(2)5-7-13-15-11(17)12(18)16-14-8-6-10(3)4/h7-10H,5-6H2,1-4H3,(H,15,17)(H,16,18). The van der Waals surface area contributed by atoms with Gasteiger partial charge in [0.1, 0.15) is 0 Å². The van der Waals surface area contributed by atoms with Crippen LogP contribution in [0.25, 0.3) is 0 Å². The molecule has 6 nitrogen and oxygen atoms in total. The van der Waals surface area contributed by atoms with E-state index < -0.39 is 11.8 Å². The molecule has 0 radical (unpaired) electrons. The van der Waals surface area contributed by atoms with Crippen LogP contribution in [-0.4, -0.2) is 24.2 Å². The Hall–Kier alpha value is -1.72. The maximum absolute atomic E-state index is 11.2. The highest BCUT2D eigenvalue weighted by Crippen LogP contribution is 1.94. The predicted octanol–water partition coefficient (Wildman–Crippen LogP) is 1.28. The lowest BCUT2D eigenvalue weighted by molar-refractivity contribution is -0.139. The number of carbonyl (C=O) groups is 2. The molecule has 0 aromatic heterocycles. The van der Waals surface area contributed by atoms with Gasteiger partial charge in [-0.3, -0.25) is 9.59 Å². The summed E-state index contributed by atoms with van der Waals surface area (Å²) in [5.41, 5.74) is 4.26. The largest absolute Gasteiger partial charge is 0.331 e. The van der Waals surface area contributed by atoms with Crippen LogP contribution in [0.1, 0.15) is 40.5 Å². The molecule has 0 bridgehead atoms. The molecule has 18 heavy (non-hydrogen) atoms. The second-order valence-electron chi connectivity index (χ2n) is 4.76. The first kappa shape index (κ1) is 16.3. The first-order valence-electron chi connectivity index (χ1n) is 6.06. The Kier molecular flexibility index (Phi) is 8.43. The molecule has 0 aliphatic rings. The highest BCUT2D eigenvalue weighted by atomic mass is 16.2. The van der Waals surface area contributed by atoms with Crippen LogP contribution < -0.4 is 10.9 Å². The molecule has 2 amide bonds. The number of hydrazone groups is 2. The van der Waals surface area contributed by atoms with E-state index in [2.05, 4.69) is 21.1 Å². The van der Waals surface area contributed by atoms with Gasteiger partial charge in [-0.25, -0.2) is 10.9 Å². The summed E-state index contributed by atoms with van der Waals surface area (Å²) in [6, 6.07) is 0. The van der Waals surface area contributed by atoms with E-state index in [1.807, 2.05) is 27.7 Å². The molecule has 0 spiro atoms. The van der Waals surface area contributed by atoms with E-state index in [-0.39, 0.29) is 0 Å². The Morgan fingerprint density at radius 3 is 1.50 bits per heavy atom. The van der Waals surface area contributed by atoms with Gasteiger partial charge >= 0.3 is 11.8 Å². The van der Waals surface area contributed by atoms with Gasteiger partial charge in [-0.05, 0) is 24.7 Å². The van der Waals surface area contributed by atoms with Crippen LogP contribution >= 0.6 is 0 Å². The molecule has 0 aromatic rings. The van der Waals surface area contributed by atoms with Gasteiger partial charge < -0.3 is 0 Å². The number of nitrogens with zero attached hydrogens (tertiary/aromatic N) is 2. The van der Waals surface area contributed by atoms with Crippen LogP contribution in [0.15, 0.2) is 10.2 Å². The Morgan fingerprint density at radius 1 is 0.889 bits per heavy atom. The van der Waals surface area contributed by atoms with Gasteiger partial charge in [-0.1, -0.05) is 27.7 Å². The molecule has 0 aliphatic heterocycles. The van der Waals surface area contributed by atoms with Gasteiger partial charge in [0, 0.05) is 12.4 Å². The maximum Gasteiger partial charge on any atom is 0.331 e. The topological polar surface area (TPSA) is 82.9 Å². The van der Waals surface area contributed by atoms with Crippen molar-refractivity contribution in [3.63, 3.8) is 0 Å². The third-order valence-corrected chi connectivity index (χ3v) is 1.87. The van der Waals surface area contributed by atoms with Crippen molar-refractivity contribution in [2.24, 2.45) is 22.0 Å². The highest BCUT2D eigenvalue weighted by molar-refractivity contribution is 6.35. The predicted molar refractivity (Wildman–Crippen MR) is 72.2 cm³/mol. The van der Waals surface area contributed by atoms with E-state index in [1.54, 1.807) is 12.4 Å². The average Bonchev–Trinajstić information content (AvgIpc) is 2.29. The lowest BCUT2D eigenvalue weighted by atomic mass is 10.2. The van der Waals surface area contributed by atoms with Gasteiger partial charge in [0.25, 0.3) is 0 Å². The van der Waals surface area contributed by atoms with Crippen LogP contribution in [0.3, 0.4) is 0 Å². The van der Waals surface area contributed by atoms with Crippen molar-refractivity contribution in [3.8, 4) is 0 Å². The van der Waals surface area contributed by atoms with Crippen molar-refractivity contribution in [2.75, 3.05) is 0 Å². The Morgan fingerprint density at radius 2 is 1.22 bits per heavy atom. The van der Waals surface area contributed by atoms with Crippen molar-refractivity contribution in [1.29, 1.82) is 0 Å². The fourth-order valence-corrected chi connectivity index (χ4v) is 0.837. The first-order valence-corrected chi connectivity index (χ1v) is 6.06. The van der Waals surface area contributed by atoms with Gasteiger partial charge in [0.2, 0.25) is 0 Å². The first-order chi connectivity index (χ1) is 8.43.